The Morgan fingerprint density at radius 3 is 2.78 bits per heavy atom. The molecule has 2 aromatic carbocycles. The van der Waals surface area contributed by atoms with E-state index in [-0.39, 0.29) is 11.9 Å². The molecule has 1 aliphatic heterocycles. The zero-order valence-corrected chi connectivity index (χ0v) is 19.4. The minimum atomic E-state index is -0.0273. The predicted molar refractivity (Wildman–Crippen MR) is 131 cm³/mol. The summed E-state index contributed by atoms with van der Waals surface area (Å²) in [5.74, 6) is 6.77. The minimum absolute atomic E-state index is 0.0273. The van der Waals surface area contributed by atoms with Crippen LogP contribution in [0.3, 0.4) is 0 Å². The summed E-state index contributed by atoms with van der Waals surface area (Å²) in [6.45, 7) is 2.06. The molecule has 2 atom stereocenters. The van der Waals surface area contributed by atoms with Gasteiger partial charge in [0.15, 0.2) is 0 Å². The van der Waals surface area contributed by atoms with Gasteiger partial charge in [-0.2, -0.15) is 11.8 Å². The molecule has 1 aliphatic rings. The number of aromatic nitrogens is 1. The topological polar surface area (TPSA) is 71.7 Å². The van der Waals surface area contributed by atoms with Crippen LogP contribution in [0.4, 0.5) is 0 Å². The van der Waals surface area contributed by atoms with Crippen molar-refractivity contribution < 1.29 is 9.53 Å². The normalized spacial score (nSPS) is 18.7. The van der Waals surface area contributed by atoms with Crippen LogP contribution < -0.4 is 10.6 Å². The molecule has 2 N–H and O–H groups in total. The number of pyridine rings is 1. The van der Waals surface area contributed by atoms with Crippen molar-refractivity contribution in [1.29, 1.82) is 0 Å². The van der Waals surface area contributed by atoms with Gasteiger partial charge >= 0.3 is 0 Å². The molecule has 0 saturated carbocycles. The van der Waals surface area contributed by atoms with Crippen LogP contribution in [0, 0.1) is 0 Å². The van der Waals surface area contributed by atoms with E-state index >= 15 is 0 Å². The molecule has 1 fully saturated rings. The summed E-state index contributed by atoms with van der Waals surface area (Å²) in [5.41, 5.74) is 1.80. The second kappa shape index (κ2) is 10.3. The number of ether oxygens (including phenoxy) is 1. The van der Waals surface area contributed by atoms with E-state index in [9.17, 15) is 4.79 Å². The van der Waals surface area contributed by atoms with Crippen molar-refractivity contribution in [2.24, 2.45) is 5.84 Å². The number of nitrogens with zero attached hydrogens (tertiary/aromatic N) is 3. The van der Waals surface area contributed by atoms with Crippen LogP contribution in [0.25, 0.3) is 10.8 Å². The van der Waals surface area contributed by atoms with Gasteiger partial charge in [0.25, 0.3) is 5.91 Å². The highest BCUT2D eigenvalue weighted by atomic mass is 32.2. The number of fused-ring (bicyclic) bond motifs is 1. The van der Waals surface area contributed by atoms with Crippen molar-refractivity contribution in [2.75, 3.05) is 33.0 Å². The number of rotatable bonds is 8. The number of hydrogen-bond donors (Lipinski definition) is 1. The molecule has 0 spiro atoms. The first-order chi connectivity index (χ1) is 15.6. The number of hydrogen-bond acceptors (Lipinski definition) is 6. The lowest BCUT2D eigenvalue weighted by atomic mass is 10.0. The number of benzene rings is 2. The van der Waals surface area contributed by atoms with Crippen LogP contribution in [0.2, 0.25) is 0 Å². The summed E-state index contributed by atoms with van der Waals surface area (Å²) in [4.78, 5) is 19.7. The highest BCUT2D eigenvalue weighted by molar-refractivity contribution is 7.99. The van der Waals surface area contributed by atoms with E-state index in [2.05, 4.69) is 53.7 Å². The molecule has 1 amide bonds. The van der Waals surface area contributed by atoms with Gasteiger partial charge in [-0.15, -0.1) is 0 Å². The fraction of sp³-hybridized carbons (Fsp3) is 0.360. The third-order valence-corrected chi connectivity index (χ3v) is 7.40. The summed E-state index contributed by atoms with van der Waals surface area (Å²) in [5, 5.41) is 4.76. The minimum Gasteiger partial charge on any atom is -0.481 e. The summed E-state index contributed by atoms with van der Waals surface area (Å²) < 4.78 is 5.14. The third-order valence-electron chi connectivity index (χ3n) is 6.25. The van der Waals surface area contributed by atoms with E-state index in [1.807, 2.05) is 21.7 Å². The van der Waals surface area contributed by atoms with Gasteiger partial charge in [0, 0.05) is 37.1 Å². The molecule has 2 unspecified atom stereocenters. The molecular weight excluding hydrogens is 420 g/mol. The number of carbonyl (C=O) groups excluding carboxylic acids is 1. The molecule has 32 heavy (non-hydrogen) atoms. The molecule has 1 aromatic heterocycles. The second-order valence-electron chi connectivity index (χ2n) is 8.10. The van der Waals surface area contributed by atoms with Gasteiger partial charge in [-0.05, 0) is 41.5 Å². The maximum absolute atomic E-state index is 13.5. The Hall–Kier alpha value is -2.61. The van der Waals surface area contributed by atoms with Gasteiger partial charge in [-0.3, -0.25) is 10.6 Å². The molecule has 6 nitrogen and oxygen atoms in total. The number of nitrogens with two attached hydrogens (primary N) is 1. The lowest BCUT2D eigenvalue weighted by molar-refractivity contribution is 0.0709. The Kier molecular flexibility index (Phi) is 7.29. The van der Waals surface area contributed by atoms with Gasteiger partial charge < -0.3 is 9.64 Å². The fourth-order valence-corrected chi connectivity index (χ4v) is 5.32. The number of methoxy groups -OCH3 is 1. The summed E-state index contributed by atoms with van der Waals surface area (Å²) in [7, 11) is 1.57. The largest absolute Gasteiger partial charge is 0.481 e. The Balaban J connectivity index is 1.58. The summed E-state index contributed by atoms with van der Waals surface area (Å²) in [6, 6.07) is 18.4. The van der Waals surface area contributed by atoms with Crippen molar-refractivity contribution in [3.05, 3.63) is 71.9 Å². The zero-order chi connectivity index (χ0) is 22.5. The van der Waals surface area contributed by atoms with Crippen LogP contribution in [-0.2, 0) is 6.42 Å². The zero-order valence-electron chi connectivity index (χ0n) is 18.6. The smallest absolute Gasteiger partial charge is 0.255 e. The molecule has 0 radical (unpaired) electrons. The number of amides is 1. The van der Waals surface area contributed by atoms with Crippen molar-refractivity contribution in [3.63, 3.8) is 0 Å². The van der Waals surface area contributed by atoms with E-state index in [0.717, 1.165) is 19.4 Å². The van der Waals surface area contributed by atoms with Gasteiger partial charge in [0.05, 0.1) is 18.7 Å². The van der Waals surface area contributed by atoms with E-state index in [1.165, 1.54) is 16.3 Å². The van der Waals surface area contributed by atoms with Crippen molar-refractivity contribution in [3.8, 4) is 5.88 Å². The quantitative estimate of drug-likeness (QED) is 0.529. The summed E-state index contributed by atoms with van der Waals surface area (Å²) >= 11 is 1.83. The van der Waals surface area contributed by atoms with E-state index in [1.54, 1.807) is 25.4 Å². The first-order valence-corrected chi connectivity index (χ1v) is 12.2. The lowest BCUT2D eigenvalue weighted by Crippen LogP contribution is -2.49. The van der Waals surface area contributed by atoms with Crippen LogP contribution in [0.1, 0.15) is 22.3 Å². The monoisotopic (exact) mass is 450 g/mol. The molecular formula is C25H30N4O2S. The Morgan fingerprint density at radius 2 is 2.03 bits per heavy atom. The standard InChI is InChI=1S/C25H30N4O2S/c1-31-24-11-10-20(16-27-24)25(30)28(17-22-23(32-2)13-15-29(22)26)14-12-19-8-5-7-18-6-3-4-9-21(18)19/h3-11,16,22-23H,12-15,17,26H2,1-2H3. The van der Waals surface area contributed by atoms with E-state index in [4.69, 9.17) is 10.6 Å². The molecule has 7 heteroatoms. The summed E-state index contributed by atoms with van der Waals surface area (Å²) in [6.07, 6.45) is 5.52. The van der Waals surface area contributed by atoms with Gasteiger partial charge in [0.1, 0.15) is 0 Å². The molecule has 4 rings (SSSR count). The predicted octanol–water partition coefficient (Wildman–Crippen LogP) is 3.61. The molecule has 168 valence electrons. The van der Waals surface area contributed by atoms with Gasteiger partial charge in [-0.1, -0.05) is 42.5 Å². The molecule has 2 heterocycles. The third kappa shape index (κ3) is 4.90. The molecule has 1 saturated heterocycles. The average Bonchev–Trinajstić information content (AvgIpc) is 3.20. The van der Waals surface area contributed by atoms with Crippen LogP contribution >= 0.6 is 11.8 Å². The lowest BCUT2D eigenvalue weighted by Gasteiger charge is -2.31. The Labute approximate surface area is 193 Å². The Bertz CT molecular complexity index is 1050. The second-order valence-corrected chi connectivity index (χ2v) is 9.17. The average molecular weight is 451 g/mol. The van der Waals surface area contributed by atoms with Crippen molar-refractivity contribution >= 4 is 28.4 Å². The van der Waals surface area contributed by atoms with Crippen LogP contribution in [-0.4, -0.2) is 65.1 Å². The van der Waals surface area contributed by atoms with E-state index in [0.29, 0.717) is 29.8 Å². The SMILES string of the molecule is COc1ccc(C(=O)N(CCc2cccc3ccccc23)CC2C(SC)CCN2N)cn1. The Morgan fingerprint density at radius 1 is 1.22 bits per heavy atom. The maximum Gasteiger partial charge on any atom is 0.255 e. The first kappa shape index (κ1) is 22.6. The molecule has 3 aromatic rings. The van der Waals surface area contributed by atoms with Crippen molar-refractivity contribution in [2.45, 2.75) is 24.1 Å². The maximum atomic E-state index is 13.5. The highest BCUT2D eigenvalue weighted by Crippen LogP contribution is 2.27. The van der Waals surface area contributed by atoms with Crippen molar-refractivity contribution in [1.82, 2.24) is 14.9 Å². The highest BCUT2D eigenvalue weighted by Gasteiger charge is 2.34. The van der Waals surface area contributed by atoms with Gasteiger partial charge in [0.2, 0.25) is 5.88 Å². The first-order valence-electron chi connectivity index (χ1n) is 10.9. The number of hydrazine groups is 1. The van der Waals surface area contributed by atoms with Gasteiger partial charge in [-0.25, -0.2) is 9.99 Å². The molecule has 0 aliphatic carbocycles. The number of carbonyl (C=O) groups is 1. The van der Waals surface area contributed by atoms with Crippen LogP contribution in [0.5, 0.6) is 5.88 Å². The molecule has 0 bridgehead atoms. The van der Waals surface area contributed by atoms with E-state index < -0.39 is 0 Å². The van der Waals surface area contributed by atoms with Crippen LogP contribution in [0.15, 0.2) is 60.8 Å². The number of thioether (sulfide) groups is 1. The fourth-order valence-electron chi connectivity index (χ4n) is 4.42.